The number of cyclic esters (lactones) is 1. The minimum Gasteiger partial charge on any atom is -0.457 e. The van der Waals surface area contributed by atoms with Crippen molar-refractivity contribution >= 4 is 5.97 Å². The first-order chi connectivity index (χ1) is 10.7. The Balaban J connectivity index is 3.11. The molecule has 3 N–H and O–H groups in total. The van der Waals surface area contributed by atoms with Gasteiger partial charge in [0.2, 0.25) is 0 Å². The van der Waals surface area contributed by atoms with Crippen LogP contribution in [-0.4, -0.2) is 45.2 Å². The maximum Gasteiger partial charge on any atom is 0.309 e. The van der Waals surface area contributed by atoms with Crippen LogP contribution in [0, 0.1) is 5.92 Å². The fourth-order valence-electron chi connectivity index (χ4n) is 2.58. The van der Waals surface area contributed by atoms with Gasteiger partial charge in [0.15, 0.2) is 0 Å². The first kappa shape index (κ1) is 19.6. The van der Waals surface area contributed by atoms with Crippen molar-refractivity contribution in [2.45, 2.75) is 63.9 Å². The number of aliphatic hydroxyl groups is 3. The molecule has 0 bridgehead atoms. The Labute approximate surface area is 138 Å². The molecule has 1 aliphatic rings. The number of hydrogen-bond acceptors (Lipinski definition) is 5. The lowest BCUT2D eigenvalue weighted by atomic mass is 9.89. The summed E-state index contributed by atoms with van der Waals surface area (Å²) in [6, 6.07) is 0. The second-order valence-corrected chi connectivity index (χ2v) is 6.50. The lowest BCUT2D eigenvalue weighted by Gasteiger charge is -2.30. The largest absolute Gasteiger partial charge is 0.457 e. The second-order valence-electron chi connectivity index (χ2n) is 6.50. The van der Waals surface area contributed by atoms with E-state index in [0.29, 0.717) is 0 Å². The van der Waals surface area contributed by atoms with Gasteiger partial charge >= 0.3 is 5.97 Å². The molecule has 0 radical (unpaired) electrons. The quantitative estimate of drug-likeness (QED) is 0.410. The molecular weight excluding hydrogens is 296 g/mol. The molecule has 0 amide bonds. The highest BCUT2D eigenvalue weighted by molar-refractivity contribution is 5.70. The molecule has 0 aromatic carbocycles. The van der Waals surface area contributed by atoms with Crippen LogP contribution in [0.2, 0.25) is 0 Å². The Morgan fingerprint density at radius 3 is 2.70 bits per heavy atom. The first-order valence-corrected chi connectivity index (χ1v) is 7.93. The zero-order chi connectivity index (χ0) is 17.6. The molecule has 1 heterocycles. The molecule has 0 aromatic heterocycles. The van der Waals surface area contributed by atoms with Crippen molar-refractivity contribution in [3.8, 4) is 0 Å². The van der Waals surface area contributed by atoms with Crippen molar-refractivity contribution in [1.29, 1.82) is 0 Å². The standard InChI is InChI=1S/C18H28O5/c1-5-6-12(2)17-13(3)7-8-15(20)18(4,22)10-9-14(19)11-16(21)23-17/h5-8,13-15,17,19-20,22H,1,9-11H2,2-4H3/t13-,14+,15-,17+,18+/m0/s1. The third-order valence-electron chi connectivity index (χ3n) is 4.19. The number of allylic oxidation sites excluding steroid dienone is 2. The zero-order valence-corrected chi connectivity index (χ0v) is 14.1. The number of carbonyl (C=O) groups is 1. The van der Waals surface area contributed by atoms with Crippen LogP contribution in [0.3, 0.4) is 0 Å². The van der Waals surface area contributed by atoms with E-state index in [0.717, 1.165) is 5.57 Å². The highest BCUT2D eigenvalue weighted by atomic mass is 16.5. The Kier molecular flexibility index (Phi) is 7.19. The third-order valence-corrected chi connectivity index (χ3v) is 4.19. The van der Waals surface area contributed by atoms with E-state index < -0.39 is 29.9 Å². The number of hydrogen-bond donors (Lipinski definition) is 3. The third kappa shape index (κ3) is 5.94. The summed E-state index contributed by atoms with van der Waals surface area (Å²) in [6.45, 7) is 8.85. The molecule has 0 saturated heterocycles. The molecule has 0 saturated carbocycles. The monoisotopic (exact) mass is 324 g/mol. The van der Waals surface area contributed by atoms with Gasteiger partial charge in [-0.3, -0.25) is 4.79 Å². The summed E-state index contributed by atoms with van der Waals surface area (Å²) in [6.07, 6.45) is 4.38. The summed E-state index contributed by atoms with van der Waals surface area (Å²) in [5.41, 5.74) is -0.541. The minimum atomic E-state index is -1.36. The molecule has 0 fully saturated rings. The Bertz CT molecular complexity index is 478. The van der Waals surface area contributed by atoms with Gasteiger partial charge in [-0.25, -0.2) is 0 Å². The molecule has 5 heteroatoms. The van der Waals surface area contributed by atoms with Crippen LogP contribution in [0.1, 0.15) is 40.0 Å². The van der Waals surface area contributed by atoms with Gasteiger partial charge in [0.1, 0.15) is 12.2 Å². The lowest BCUT2D eigenvalue weighted by Crippen LogP contribution is -2.39. The van der Waals surface area contributed by atoms with Gasteiger partial charge in [0.05, 0.1) is 18.1 Å². The van der Waals surface area contributed by atoms with E-state index in [1.807, 2.05) is 13.8 Å². The summed E-state index contributed by atoms with van der Waals surface area (Å²) < 4.78 is 5.50. The first-order valence-electron chi connectivity index (χ1n) is 7.93. The van der Waals surface area contributed by atoms with Crippen molar-refractivity contribution in [1.82, 2.24) is 0 Å². The lowest BCUT2D eigenvalue weighted by molar-refractivity contribution is -0.151. The van der Waals surface area contributed by atoms with E-state index >= 15 is 0 Å². The van der Waals surface area contributed by atoms with Crippen molar-refractivity contribution in [2.24, 2.45) is 5.92 Å². The highest BCUT2D eigenvalue weighted by Crippen LogP contribution is 2.24. The topological polar surface area (TPSA) is 87.0 Å². The zero-order valence-electron chi connectivity index (χ0n) is 14.1. The molecule has 5 atom stereocenters. The van der Waals surface area contributed by atoms with Crippen LogP contribution in [0.15, 0.2) is 36.5 Å². The fourth-order valence-corrected chi connectivity index (χ4v) is 2.58. The smallest absolute Gasteiger partial charge is 0.309 e. The molecule has 1 aliphatic heterocycles. The summed E-state index contributed by atoms with van der Waals surface area (Å²) in [4.78, 5) is 12.0. The predicted octanol–water partition coefficient (Wildman–Crippen LogP) is 1.88. The van der Waals surface area contributed by atoms with Crippen molar-refractivity contribution < 1.29 is 24.9 Å². The Hall–Kier alpha value is -1.43. The summed E-state index contributed by atoms with van der Waals surface area (Å²) in [7, 11) is 0. The van der Waals surface area contributed by atoms with Crippen LogP contribution in [0.4, 0.5) is 0 Å². The van der Waals surface area contributed by atoms with Crippen LogP contribution < -0.4 is 0 Å². The van der Waals surface area contributed by atoms with Gasteiger partial charge < -0.3 is 20.1 Å². The average molecular weight is 324 g/mol. The van der Waals surface area contributed by atoms with Crippen LogP contribution in [-0.2, 0) is 9.53 Å². The van der Waals surface area contributed by atoms with E-state index in [1.54, 1.807) is 18.2 Å². The number of esters is 1. The number of rotatable bonds is 2. The average Bonchev–Trinajstić information content (AvgIpc) is 2.47. The predicted molar refractivity (Wildman–Crippen MR) is 88.6 cm³/mol. The molecule has 1 rings (SSSR count). The molecule has 0 unspecified atom stereocenters. The molecule has 130 valence electrons. The maximum absolute atomic E-state index is 12.0. The molecule has 0 spiro atoms. The highest BCUT2D eigenvalue weighted by Gasteiger charge is 2.31. The molecule has 5 nitrogen and oxygen atoms in total. The van der Waals surface area contributed by atoms with Crippen molar-refractivity contribution in [3.05, 3.63) is 36.5 Å². The van der Waals surface area contributed by atoms with Crippen LogP contribution in [0.5, 0.6) is 0 Å². The summed E-state index contributed by atoms with van der Waals surface area (Å²) in [5, 5.41) is 30.4. The number of ether oxygens (including phenoxy) is 1. The van der Waals surface area contributed by atoms with Crippen LogP contribution >= 0.6 is 0 Å². The molecular formula is C18H28O5. The van der Waals surface area contributed by atoms with E-state index in [-0.39, 0.29) is 25.2 Å². The van der Waals surface area contributed by atoms with E-state index in [2.05, 4.69) is 6.58 Å². The molecule has 0 aromatic rings. The minimum absolute atomic E-state index is 0.138. The van der Waals surface area contributed by atoms with Gasteiger partial charge in [0, 0.05) is 5.92 Å². The SMILES string of the molecule is C=CC=C(C)[C@H]1OC(=O)C[C@H](O)CC[C@@](C)(O)[C@@H](O)C=C[C@@H]1C. The normalized spacial score (nSPS) is 37.5. The molecule has 23 heavy (non-hydrogen) atoms. The summed E-state index contributed by atoms with van der Waals surface area (Å²) in [5.74, 6) is -0.683. The number of aliphatic hydroxyl groups excluding tert-OH is 2. The Morgan fingerprint density at radius 1 is 1.43 bits per heavy atom. The summed E-state index contributed by atoms with van der Waals surface area (Å²) >= 11 is 0. The van der Waals surface area contributed by atoms with E-state index in [1.165, 1.54) is 13.0 Å². The van der Waals surface area contributed by atoms with Gasteiger partial charge in [-0.05, 0) is 32.3 Å². The van der Waals surface area contributed by atoms with Gasteiger partial charge in [-0.2, -0.15) is 0 Å². The van der Waals surface area contributed by atoms with Crippen molar-refractivity contribution in [2.75, 3.05) is 0 Å². The van der Waals surface area contributed by atoms with Crippen LogP contribution in [0.25, 0.3) is 0 Å². The Morgan fingerprint density at radius 2 is 2.09 bits per heavy atom. The molecule has 0 aliphatic carbocycles. The van der Waals surface area contributed by atoms with Crippen molar-refractivity contribution in [3.63, 3.8) is 0 Å². The van der Waals surface area contributed by atoms with Gasteiger partial charge in [-0.1, -0.05) is 37.8 Å². The van der Waals surface area contributed by atoms with E-state index in [9.17, 15) is 20.1 Å². The second kappa shape index (κ2) is 8.43. The number of carbonyl (C=O) groups excluding carboxylic acids is 1. The van der Waals surface area contributed by atoms with Gasteiger partial charge in [0.25, 0.3) is 0 Å². The van der Waals surface area contributed by atoms with Gasteiger partial charge in [-0.15, -0.1) is 0 Å². The van der Waals surface area contributed by atoms with E-state index in [4.69, 9.17) is 4.74 Å². The maximum atomic E-state index is 12.0. The fraction of sp³-hybridized carbons (Fsp3) is 0.611.